The largest absolute Gasteiger partial charge is 0.393 e. The Morgan fingerprint density at radius 2 is 2.07 bits per heavy atom. The third kappa shape index (κ3) is 4.09. The van der Waals surface area contributed by atoms with Crippen LogP contribution in [0.15, 0.2) is 0 Å². The van der Waals surface area contributed by atoms with Crippen LogP contribution in [0.2, 0.25) is 0 Å². The highest BCUT2D eigenvalue weighted by atomic mass is 16.3. The molecule has 0 saturated heterocycles. The second-order valence-corrected chi connectivity index (χ2v) is 4.20. The minimum Gasteiger partial charge on any atom is -0.393 e. The van der Waals surface area contributed by atoms with Crippen molar-refractivity contribution < 1.29 is 9.90 Å². The number of carbonyl (C=O) groups is 1. The van der Waals surface area contributed by atoms with E-state index in [1.165, 1.54) is 12.8 Å². The average molecular weight is 199 g/mol. The monoisotopic (exact) mass is 199 g/mol. The lowest BCUT2D eigenvalue weighted by molar-refractivity contribution is -0.123. The molecule has 1 amide bonds. The van der Waals surface area contributed by atoms with Gasteiger partial charge in [0.25, 0.3) is 0 Å². The van der Waals surface area contributed by atoms with Gasteiger partial charge in [0.2, 0.25) is 5.91 Å². The summed E-state index contributed by atoms with van der Waals surface area (Å²) in [5.74, 6) is 0.151. The summed E-state index contributed by atoms with van der Waals surface area (Å²) in [5.41, 5.74) is 0. The van der Waals surface area contributed by atoms with Crippen molar-refractivity contribution in [3.05, 3.63) is 0 Å². The van der Waals surface area contributed by atoms with E-state index in [-0.39, 0.29) is 18.1 Å². The number of aliphatic hydroxyl groups excluding tert-OH is 1. The highest BCUT2D eigenvalue weighted by Crippen LogP contribution is 2.19. The van der Waals surface area contributed by atoms with Crippen LogP contribution in [0.4, 0.5) is 0 Å². The maximum Gasteiger partial charge on any atom is 0.220 e. The van der Waals surface area contributed by atoms with Crippen molar-refractivity contribution in [1.82, 2.24) is 5.32 Å². The molecule has 0 bridgehead atoms. The van der Waals surface area contributed by atoms with Crippen LogP contribution in [0.5, 0.6) is 0 Å². The highest BCUT2D eigenvalue weighted by molar-refractivity contribution is 5.76. The fourth-order valence-corrected chi connectivity index (χ4v) is 1.72. The Labute approximate surface area is 85.9 Å². The first-order valence-electron chi connectivity index (χ1n) is 5.69. The zero-order valence-electron chi connectivity index (χ0n) is 8.96. The number of nitrogens with one attached hydrogen (secondary N) is 1. The number of amides is 1. The summed E-state index contributed by atoms with van der Waals surface area (Å²) in [6.45, 7) is 2.16. The topological polar surface area (TPSA) is 49.3 Å². The normalized spacial score (nSPS) is 25.6. The molecule has 3 heteroatoms. The second-order valence-electron chi connectivity index (χ2n) is 4.20. The third-order valence-electron chi connectivity index (χ3n) is 2.74. The van der Waals surface area contributed by atoms with Gasteiger partial charge in [-0.3, -0.25) is 4.79 Å². The Morgan fingerprint density at radius 3 is 2.64 bits per heavy atom. The molecule has 3 nitrogen and oxygen atoms in total. The number of aliphatic hydroxyl groups is 1. The van der Waals surface area contributed by atoms with Gasteiger partial charge < -0.3 is 10.4 Å². The van der Waals surface area contributed by atoms with E-state index in [1.807, 2.05) is 0 Å². The standard InChI is InChI=1S/C11H21NO2/c1-2-3-4-5-6-11(14)12-9-7-10(13)8-9/h9-10,13H,2-8H2,1H3,(H,12,14). The Bertz CT molecular complexity index is 176. The van der Waals surface area contributed by atoms with Gasteiger partial charge in [0, 0.05) is 12.5 Å². The van der Waals surface area contributed by atoms with E-state index in [0.717, 1.165) is 25.7 Å². The third-order valence-corrected chi connectivity index (χ3v) is 2.74. The molecule has 1 rings (SSSR count). The van der Waals surface area contributed by atoms with Gasteiger partial charge in [-0.25, -0.2) is 0 Å². The minimum atomic E-state index is -0.180. The van der Waals surface area contributed by atoms with Gasteiger partial charge in [-0.05, 0) is 19.3 Å². The molecule has 1 aliphatic carbocycles. The zero-order chi connectivity index (χ0) is 10.4. The van der Waals surface area contributed by atoms with Crippen molar-refractivity contribution in [2.75, 3.05) is 0 Å². The van der Waals surface area contributed by atoms with E-state index in [2.05, 4.69) is 12.2 Å². The summed E-state index contributed by atoms with van der Waals surface area (Å²) < 4.78 is 0. The second kappa shape index (κ2) is 6.02. The maximum absolute atomic E-state index is 11.3. The first kappa shape index (κ1) is 11.5. The number of hydrogen-bond acceptors (Lipinski definition) is 2. The molecule has 0 aliphatic heterocycles. The SMILES string of the molecule is CCCCCCC(=O)NC1CC(O)C1. The molecule has 0 spiro atoms. The molecule has 0 radical (unpaired) electrons. The van der Waals surface area contributed by atoms with Crippen LogP contribution in [0.1, 0.15) is 51.9 Å². The smallest absolute Gasteiger partial charge is 0.220 e. The van der Waals surface area contributed by atoms with Crippen LogP contribution >= 0.6 is 0 Å². The van der Waals surface area contributed by atoms with Crippen LogP contribution in [0, 0.1) is 0 Å². The molecule has 1 fully saturated rings. The molecule has 0 aromatic rings. The predicted molar refractivity (Wildman–Crippen MR) is 55.9 cm³/mol. The van der Waals surface area contributed by atoms with Crippen LogP contribution in [-0.2, 0) is 4.79 Å². The fraction of sp³-hybridized carbons (Fsp3) is 0.909. The zero-order valence-corrected chi connectivity index (χ0v) is 8.96. The molecule has 82 valence electrons. The molecule has 1 saturated carbocycles. The molecule has 0 unspecified atom stereocenters. The summed E-state index contributed by atoms with van der Waals surface area (Å²) in [4.78, 5) is 11.3. The van der Waals surface area contributed by atoms with Crippen LogP contribution in [-0.4, -0.2) is 23.2 Å². The lowest BCUT2D eigenvalue weighted by atomic mass is 9.89. The van der Waals surface area contributed by atoms with Crippen molar-refractivity contribution in [3.63, 3.8) is 0 Å². The summed E-state index contributed by atoms with van der Waals surface area (Å²) in [7, 11) is 0. The summed E-state index contributed by atoms with van der Waals surface area (Å²) >= 11 is 0. The summed E-state index contributed by atoms with van der Waals surface area (Å²) in [6, 6.07) is 0.240. The van der Waals surface area contributed by atoms with Crippen molar-refractivity contribution in [2.45, 2.75) is 64.0 Å². The van der Waals surface area contributed by atoms with E-state index in [0.29, 0.717) is 6.42 Å². The quantitative estimate of drug-likeness (QED) is 0.638. The number of rotatable bonds is 6. The molecule has 14 heavy (non-hydrogen) atoms. The van der Waals surface area contributed by atoms with Crippen LogP contribution in [0.3, 0.4) is 0 Å². The molecule has 0 aromatic carbocycles. The van der Waals surface area contributed by atoms with Gasteiger partial charge in [-0.1, -0.05) is 26.2 Å². The molecular formula is C11H21NO2. The number of hydrogen-bond donors (Lipinski definition) is 2. The molecular weight excluding hydrogens is 178 g/mol. The average Bonchev–Trinajstić information content (AvgIpc) is 2.10. The summed E-state index contributed by atoms with van der Waals surface area (Å²) in [6.07, 6.45) is 6.51. The Hall–Kier alpha value is -0.570. The lowest BCUT2D eigenvalue weighted by Gasteiger charge is -2.31. The molecule has 1 aliphatic rings. The minimum absolute atomic E-state index is 0.151. The van der Waals surface area contributed by atoms with Gasteiger partial charge >= 0.3 is 0 Å². The first-order chi connectivity index (χ1) is 6.72. The van der Waals surface area contributed by atoms with Crippen molar-refractivity contribution in [3.8, 4) is 0 Å². The van der Waals surface area contributed by atoms with Crippen molar-refractivity contribution in [1.29, 1.82) is 0 Å². The fourth-order valence-electron chi connectivity index (χ4n) is 1.72. The van der Waals surface area contributed by atoms with Crippen LogP contribution < -0.4 is 5.32 Å². The van der Waals surface area contributed by atoms with Crippen molar-refractivity contribution in [2.24, 2.45) is 0 Å². The van der Waals surface area contributed by atoms with E-state index in [1.54, 1.807) is 0 Å². The van der Waals surface area contributed by atoms with Gasteiger partial charge in [-0.15, -0.1) is 0 Å². The highest BCUT2D eigenvalue weighted by Gasteiger charge is 2.27. The molecule has 0 aromatic heterocycles. The van der Waals surface area contributed by atoms with E-state index in [9.17, 15) is 4.79 Å². The van der Waals surface area contributed by atoms with Crippen LogP contribution in [0.25, 0.3) is 0 Å². The Kier molecular flexibility index (Phi) is 4.94. The van der Waals surface area contributed by atoms with E-state index >= 15 is 0 Å². The molecule has 0 heterocycles. The first-order valence-corrected chi connectivity index (χ1v) is 5.69. The Morgan fingerprint density at radius 1 is 1.36 bits per heavy atom. The van der Waals surface area contributed by atoms with Gasteiger partial charge in [0.05, 0.1) is 6.10 Å². The lowest BCUT2D eigenvalue weighted by Crippen LogP contribution is -2.46. The predicted octanol–water partition coefficient (Wildman–Crippen LogP) is 1.60. The molecule has 2 N–H and O–H groups in total. The van der Waals surface area contributed by atoms with Gasteiger partial charge in [0.1, 0.15) is 0 Å². The molecule has 0 atom stereocenters. The number of unbranched alkanes of at least 4 members (excludes halogenated alkanes) is 3. The van der Waals surface area contributed by atoms with Gasteiger partial charge in [-0.2, -0.15) is 0 Å². The van der Waals surface area contributed by atoms with Gasteiger partial charge in [0.15, 0.2) is 0 Å². The van der Waals surface area contributed by atoms with E-state index < -0.39 is 0 Å². The Balaban J connectivity index is 1.94. The maximum atomic E-state index is 11.3. The van der Waals surface area contributed by atoms with E-state index in [4.69, 9.17) is 5.11 Å². The number of carbonyl (C=O) groups excluding carboxylic acids is 1. The van der Waals surface area contributed by atoms with Crippen molar-refractivity contribution >= 4 is 5.91 Å². The summed E-state index contributed by atoms with van der Waals surface area (Å²) in [5, 5.41) is 12.0.